The summed E-state index contributed by atoms with van der Waals surface area (Å²) in [7, 11) is 0. The highest BCUT2D eigenvalue weighted by molar-refractivity contribution is 5.91. The van der Waals surface area contributed by atoms with Gasteiger partial charge >= 0.3 is 0 Å². The third kappa shape index (κ3) is 2.89. The van der Waals surface area contributed by atoms with Crippen molar-refractivity contribution in [1.29, 1.82) is 0 Å². The SMILES string of the molecule is C=CCn1nc(-c2ccc(C(C)(C)C)cc2)c(C=O)c1N. The van der Waals surface area contributed by atoms with E-state index in [9.17, 15) is 4.79 Å². The number of anilines is 1. The van der Waals surface area contributed by atoms with E-state index in [2.05, 4.69) is 44.6 Å². The van der Waals surface area contributed by atoms with Crippen LogP contribution in [-0.2, 0) is 12.0 Å². The lowest BCUT2D eigenvalue weighted by atomic mass is 9.86. The minimum atomic E-state index is 0.0905. The molecule has 110 valence electrons. The summed E-state index contributed by atoms with van der Waals surface area (Å²) in [6.45, 7) is 10.6. The molecule has 0 bridgehead atoms. The first-order chi connectivity index (χ1) is 9.88. The Hall–Kier alpha value is -2.36. The zero-order valence-corrected chi connectivity index (χ0v) is 12.8. The third-order valence-electron chi connectivity index (χ3n) is 3.47. The molecule has 0 aliphatic rings. The lowest BCUT2D eigenvalue weighted by molar-refractivity contribution is 0.112. The largest absolute Gasteiger partial charge is 0.383 e. The van der Waals surface area contributed by atoms with E-state index < -0.39 is 0 Å². The standard InChI is InChI=1S/C17H21N3O/c1-5-10-20-16(18)14(11-21)15(19-20)12-6-8-13(9-7-12)17(2,3)4/h5-9,11H,1,10,18H2,2-4H3. The van der Waals surface area contributed by atoms with Crippen LogP contribution in [0.2, 0.25) is 0 Å². The van der Waals surface area contributed by atoms with Gasteiger partial charge in [-0.25, -0.2) is 4.68 Å². The van der Waals surface area contributed by atoms with Crippen molar-refractivity contribution in [1.82, 2.24) is 9.78 Å². The molecule has 0 saturated heterocycles. The number of hydrogen-bond donors (Lipinski definition) is 1. The Kier molecular flexibility index (Phi) is 3.98. The lowest BCUT2D eigenvalue weighted by Gasteiger charge is -2.18. The third-order valence-corrected chi connectivity index (χ3v) is 3.47. The highest BCUT2D eigenvalue weighted by atomic mass is 16.1. The van der Waals surface area contributed by atoms with Crippen molar-refractivity contribution in [2.24, 2.45) is 0 Å². The molecule has 0 aliphatic heterocycles. The summed E-state index contributed by atoms with van der Waals surface area (Å²) in [5.41, 5.74) is 9.22. The van der Waals surface area contributed by atoms with Crippen LogP contribution in [0.4, 0.5) is 5.82 Å². The molecule has 0 fully saturated rings. The van der Waals surface area contributed by atoms with Crippen LogP contribution < -0.4 is 5.73 Å². The van der Waals surface area contributed by atoms with E-state index in [1.807, 2.05) is 12.1 Å². The Morgan fingerprint density at radius 1 is 1.29 bits per heavy atom. The fourth-order valence-electron chi connectivity index (χ4n) is 2.21. The van der Waals surface area contributed by atoms with Gasteiger partial charge < -0.3 is 5.73 Å². The van der Waals surface area contributed by atoms with Gasteiger partial charge in [-0.2, -0.15) is 5.10 Å². The van der Waals surface area contributed by atoms with E-state index in [1.165, 1.54) is 5.56 Å². The van der Waals surface area contributed by atoms with Crippen LogP contribution in [0, 0.1) is 0 Å². The monoisotopic (exact) mass is 283 g/mol. The molecule has 2 aromatic rings. The summed E-state index contributed by atoms with van der Waals surface area (Å²) >= 11 is 0. The van der Waals surface area contributed by atoms with Crippen molar-refractivity contribution in [3.63, 3.8) is 0 Å². The van der Waals surface area contributed by atoms with Gasteiger partial charge in [0.25, 0.3) is 0 Å². The number of nitrogens with zero attached hydrogens (tertiary/aromatic N) is 2. The number of rotatable bonds is 4. The Morgan fingerprint density at radius 2 is 1.90 bits per heavy atom. The van der Waals surface area contributed by atoms with Gasteiger partial charge in [-0.3, -0.25) is 4.79 Å². The number of carbonyl (C=O) groups excluding carboxylic acids is 1. The molecular weight excluding hydrogens is 262 g/mol. The maximum atomic E-state index is 11.3. The van der Waals surface area contributed by atoms with Crippen molar-refractivity contribution < 1.29 is 4.79 Å². The van der Waals surface area contributed by atoms with Gasteiger partial charge in [0, 0.05) is 5.56 Å². The molecule has 4 nitrogen and oxygen atoms in total. The molecule has 0 amide bonds. The molecule has 0 aliphatic carbocycles. The van der Waals surface area contributed by atoms with Crippen molar-refractivity contribution in [3.8, 4) is 11.3 Å². The maximum absolute atomic E-state index is 11.3. The topological polar surface area (TPSA) is 60.9 Å². The van der Waals surface area contributed by atoms with Crippen LogP contribution in [-0.4, -0.2) is 16.1 Å². The fourth-order valence-corrected chi connectivity index (χ4v) is 2.21. The average Bonchev–Trinajstić information content (AvgIpc) is 2.75. The smallest absolute Gasteiger partial charge is 0.156 e. The predicted molar refractivity (Wildman–Crippen MR) is 86.4 cm³/mol. The molecule has 1 aromatic carbocycles. The molecule has 0 saturated carbocycles. The van der Waals surface area contributed by atoms with Crippen molar-refractivity contribution in [3.05, 3.63) is 48.0 Å². The Balaban J connectivity index is 2.49. The predicted octanol–water partition coefficient (Wildman–Crippen LogP) is 3.43. The molecular formula is C17H21N3O. The first-order valence-corrected chi connectivity index (χ1v) is 6.91. The molecule has 1 heterocycles. The minimum absolute atomic E-state index is 0.0905. The first kappa shape index (κ1) is 15.0. The minimum Gasteiger partial charge on any atom is -0.383 e. The van der Waals surface area contributed by atoms with Gasteiger partial charge in [0.1, 0.15) is 11.5 Å². The molecule has 2 rings (SSSR count). The van der Waals surface area contributed by atoms with Crippen LogP contribution >= 0.6 is 0 Å². The summed E-state index contributed by atoms with van der Waals surface area (Å²) in [4.78, 5) is 11.3. The summed E-state index contributed by atoms with van der Waals surface area (Å²) < 4.78 is 1.59. The van der Waals surface area contributed by atoms with Gasteiger partial charge in [0.2, 0.25) is 0 Å². The second-order valence-corrected chi connectivity index (χ2v) is 6.06. The molecule has 2 N–H and O–H groups in total. The highest BCUT2D eigenvalue weighted by Gasteiger charge is 2.17. The molecule has 0 atom stereocenters. The summed E-state index contributed by atoms with van der Waals surface area (Å²) in [5, 5.41) is 4.42. The highest BCUT2D eigenvalue weighted by Crippen LogP contribution is 2.29. The summed E-state index contributed by atoms with van der Waals surface area (Å²) in [5.74, 6) is 0.375. The number of aromatic nitrogens is 2. The van der Waals surface area contributed by atoms with Crippen molar-refractivity contribution in [2.45, 2.75) is 32.7 Å². The van der Waals surface area contributed by atoms with Gasteiger partial charge in [-0.15, -0.1) is 6.58 Å². The van der Waals surface area contributed by atoms with E-state index in [4.69, 9.17) is 5.73 Å². The van der Waals surface area contributed by atoms with E-state index in [1.54, 1.807) is 10.8 Å². The van der Waals surface area contributed by atoms with E-state index in [0.29, 0.717) is 23.6 Å². The van der Waals surface area contributed by atoms with Gasteiger partial charge in [-0.05, 0) is 11.0 Å². The molecule has 0 radical (unpaired) electrons. The van der Waals surface area contributed by atoms with Crippen LogP contribution in [0.1, 0.15) is 36.7 Å². The number of allylic oxidation sites excluding steroid dienone is 1. The Bertz CT molecular complexity index is 661. The lowest BCUT2D eigenvalue weighted by Crippen LogP contribution is -2.10. The van der Waals surface area contributed by atoms with E-state index >= 15 is 0 Å². The normalized spacial score (nSPS) is 11.4. The molecule has 0 unspecified atom stereocenters. The van der Waals surface area contributed by atoms with E-state index in [-0.39, 0.29) is 5.41 Å². The van der Waals surface area contributed by atoms with Crippen LogP contribution in [0.15, 0.2) is 36.9 Å². The van der Waals surface area contributed by atoms with Crippen LogP contribution in [0.5, 0.6) is 0 Å². The fraction of sp³-hybridized carbons (Fsp3) is 0.294. The zero-order chi connectivity index (χ0) is 15.6. The summed E-state index contributed by atoms with van der Waals surface area (Å²) in [6, 6.07) is 8.08. The summed E-state index contributed by atoms with van der Waals surface area (Å²) in [6.07, 6.45) is 2.46. The Labute approximate surface area is 125 Å². The van der Waals surface area contributed by atoms with Gasteiger partial charge in [-0.1, -0.05) is 51.1 Å². The van der Waals surface area contributed by atoms with Gasteiger partial charge in [0.05, 0.1) is 12.1 Å². The zero-order valence-electron chi connectivity index (χ0n) is 12.8. The van der Waals surface area contributed by atoms with Crippen LogP contribution in [0.25, 0.3) is 11.3 Å². The molecule has 4 heteroatoms. The number of hydrogen-bond acceptors (Lipinski definition) is 3. The number of aldehydes is 1. The quantitative estimate of drug-likeness (QED) is 0.690. The first-order valence-electron chi connectivity index (χ1n) is 6.91. The second-order valence-electron chi connectivity index (χ2n) is 6.06. The number of nitrogens with two attached hydrogens (primary N) is 1. The number of nitrogen functional groups attached to an aromatic ring is 1. The maximum Gasteiger partial charge on any atom is 0.156 e. The second kappa shape index (κ2) is 5.56. The molecule has 0 spiro atoms. The number of benzene rings is 1. The molecule has 1 aromatic heterocycles. The van der Waals surface area contributed by atoms with Crippen molar-refractivity contribution in [2.75, 3.05) is 5.73 Å². The van der Waals surface area contributed by atoms with Gasteiger partial charge in [0.15, 0.2) is 6.29 Å². The van der Waals surface area contributed by atoms with Crippen LogP contribution in [0.3, 0.4) is 0 Å². The number of carbonyl (C=O) groups is 1. The van der Waals surface area contributed by atoms with E-state index in [0.717, 1.165) is 11.8 Å². The Morgan fingerprint density at radius 3 is 2.38 bits per heavy atom. The average molecular weight is 283 g/mol. The molecule has 21 heavy (non-hydrogen) atoms. The van der Waals surface area contributed by atoms with Crippen molar-refractivity contribution >= 4 is 12.1 Å².